The minimum Gasteiger partial charge on any atom is -0.466 e. The van der Waals surface area contributed by atoms with E-state index in [1.807, 2.05) is 6.92 Å². The maximum Gasteiger partial charge on any atom is 0.309 e. The van der Waals surface area contributed by atoms with Crippen LogP contribution in [0.1, 0.15) is 39.0 Å². The molecule has 3 unspecified atom stereocenters. The van der Waals surface area contributed by atoms with Gasteiger partial charge >= 0.3 is 5.97 Å². The second-order valence-corrected chi connectivity index (χ2v) is 5.27. The van der Waals surface area contributed by atoms with Gasteiger partial charge in [-0.15, -0.1) is 0 Å². The maximum atomic E-state index is 11.6. The maximum absolute atomic E-state index is 11.6. The first-order chi connectivity index (χ1) is 6.77. The SMILES string of the molecule is CCOC(=O)C1CCC2C1CC21CC1. The summed E-state index contributed by atoms with van der Waals surface area (Å²) in [5.74, 6) is 1.91. The lowest BCUT2D eigenvalue weighted by atomic mass is 9.61. The number of hydrogen-bond donors (Lipinski definition) is 0. The topological polar surface area (TPSA) is 26.3 Å². The molecule has 0 saturated heterocycles. The summed E-state index contributed by atoms with van der Waals surface area (Å²) in [6.07, 6.45) is 6.57. The van der Waals surface area contributed by atoms with Crippen molar-refractivity contribution in [1.82, 2.24) is 0 Å². The first kappa shape index (κ1) is 8.75. The van der Waals surface area contributed by atoms with E-state index in [1.54, 1.807) is 0 Å². The van der Waals surface area contributed by atoms with Gasteiger partial charge < -0.3 is 4.74 Å². The molecule has 2 nitrogen and oxygen atoms in total. The van der Waals surface area contributed by atoms with E-state index in [9.17, 15) is 4.79 Å². The minimum atomic E-state index is 0.0792. The van der Waals surface area contributed by atoms with E-state index < -0.39 is 0 Å². The van der Waals surface area contributed by atoms with Crippen LogP contribution in [-0.2, 0) is 9.53 Å². The Labute approximate surface area is 85.0 Å². The van der Waals surface area contributed by atoms with Crippen LogP contribution in [0.4, 0.5) is 0 Å². The molecule has 3 fully saturated rings. The van der Waals surface area contributed by atoms with E-state index in [-0.39, 0.29) is 11.9 Å². The Morgan fingerprint density at radius 1 is 1.43 bits per heavy atom. The molecule has 0 aliphatic heterocycles. The second-order valence-electron chi connectivity index (χ2n) is 5.27. The molecule has 0 N–H and O–H groups in total. The van der Waals surface area contributed by atoms with Gasteiger partial charge in [-0.1, -0.05) is 0 Å². The van der Waals surface area contributed by atoms with Crippen LogP contribution in [-0.4, -0.2) is 12.6 Å². The molecule has 3 saturated carbocycles. The Hall–Kier alpha value is -0.530. The molecule has 3 aliphatic carbocycles. The molecule has 2 heteroatoms. The Morgan fingerprint density at radius 3 is 2.86 bits per heavy atom. The zero-order valence-electron chi connectivity index (χ0n) is 8.79. The lowest BCUT2D eigenvalue weighted by Gasteiger charge is -2.43. The van der Waals surface area contributed by atoms with Crippen LogP contribution in [0.15, 0.2) is 0 Å². The highest BCUT2D eigenvalue weighted by atomic mass is 16.5. The van der Waals surface area contributed by atoms with E-state index in [1.165, 1.54) is 25.7 Å². The van der Waals surface area contributed by atoms with E-state index in [2.05, 4.69) is 0 Å². The fraction of sp³-hybridized carbons (Fsp3) is 0.917. The molecule has 0 radical (unpaired) electrons. The molecule has 0 aromatic carbocycles. The second kappa shape index (κ2) is 2.74. The highest BCUT2D eigenvalue weighted by Gasteiger charge is 2.65. The number of rotatable bonds is 2. The molecule has 78 valence electrons. The van der Waals surface area contributed by atoms with E-state index >= 15 is 0 Å². The lowest BCUT2D eigenvalue weighted by molar-refractivity contribution is -0.151. The predicted molar refractivity (Wildman–Crippen MR) is 52.6 cm³/mol. The third-order valence-corrected chi connectivity index (χ3v) is 4.73. The van der Waals surface area contributed by atoms with Crippen LogP contribution in [0.25, 0.3) is 0 Å². The molecule has 0 amide bonds. The molecule has 3 rings (SSSR count). The van der Waals surface area contributed by atoms with Crippen molar-refractivity contribution in [2.24, 2.45) is 23.2 Å². The van der Waals surface area contributed by atoms with Gasteiger partial charge in [-0.2, -0.15) is 0 Å². The third-order valence-electron chi connectivity index (χ3n) is 4.73. The van der Waals surface area contributed by atoms with Crippen molar-refractivity contribution in [3.63, 3.8) is 0 Å². The highest BCUT2D eigenvalue weighted by molar-refractivity contribution is 5.73. The fourth-order valence-electron chi connectivity index (χ4n) is 3.85. The molecule has 3 aliphatic rings. The van der Waals surface area contributed by atoms with E-state index in [0.717, 1.165) is 17.8 Å². The lowest BCUT2D eigenvalue weighted by Crippen LogP contribution is -2.39. The van der Waals surface area contributed by atoms with E-state index in [4.69, 9.17) is 4.74 Å². The van der Waals surface area contributed by atoms with Gasteiger partial charge in [-0.25, -0.2) is 0 Å². The molecule has 1 spiro atoms. The molecule has 0 aromatic rings. The summed E-state index contributed by atoms with van der Waals surface area (Å²) in [6, 6.07) is 0. The fourth-order valence-corrected chi connectivity index (χ4v) is 3.85. The molecule has 0 bridgehead atoms. The summed E-state index contributed by atoms with van der Waals surface area (Å²) in [5, 5.41) is 0. The van der Waals surface area contributed by atoms with Crippen molar-refractivity contribution in [3.8, 4) is 0 Å². The smallest absolute Gasteiger partial charge is 0.309 e. The molecular weight excluding hydrogens is 176 g/mol. The highest BCUT2D eigenvalue weighted by Crippen LogP contribution is 2.72. The van der Waals surface area contributed by atoms with Crippen molar-refractivity contribution in [1.29, 1.82) is 0 Å². The van der Waals surface area contributed by atoms with Gasteiger partial charge in [0.05, 0.1) is 12.5 Å². The molecule has 0 heterocycles. The number of hydrogen-bond acceptors (Lipinski definition) is 2. The van der Waals surface area contributed by atoms with Gasteiger partial charge in [-0.05, 0) is 56.3 Å². The Kier molecular flexibility index (Phi) is 1.71. The van der Waals surface area contributed by atoms with Gasteiger partial charge in [0.15, 0.2) is 0 Å². The van der Waals surface area contributed by atoms with Crippen molar-refractivity contribution in [2.45, 2.75) is 39.0 Å². The van der Waals surface area contributed by atoms with Crippen LogP contribution in [0, 0.1) is 23.2 Å². The summed E-state index contributed by atoms with van der Waals surface area (Å²) in [6.45, 7) is 2.44. The monoisotopic (exact) mass is 194 g/mol. The van der Waals surface area contributed by atoms with E-state index in [0.29, 0.717) is 12.5 Å². The van der Waals surface area contributed by atoms with Crippen LogP contribution in [0.3, 0.4) is 0 Å². The standard InChI is InChI=1S/C12H18O2/c1-2-14-11(13)8-3-4-10-9(8)7-12(10)5-6-12/h8-10H,2-7H2,1H3. The Morgan fingerprint density at radius 2 is 2.21 bits per heavy atom. The van der Waals surface area contributed by atoms with Crippen molar-refractivity contribution < 1.29 is 9.53 Å². The van der Waals surface area contributed by atoms with Crippen LogP contribution >= 0.6 is 0 Å². The summed E-state index contributed by atoms with van der Waals surface area (Å²) in [4.78, 5) is 11.6. The molecule has 14 heavy (non-hydrogen) atoms. The summed E-state index contributed by atoms with van der Waals surface area (Å²) in [5.41, 5.74) is 0.728. The Bertz CT molecular complexity index is 267. The van der Waals surface area contributed by atoms with Gasteiger partial charge in [0.1, 0.15) is 0 Å². The summed E-state index contributed by atoms with van der Waals surface area (Å²) >= 11 is 0. The molecular formula is C12H18O2. The number of fused-ring (bicyclic) bond motifs is 2. The quantitative estimate of drug-likeness (QED) is 0.631. The van der Waals surface area contributed by atoms with Gasteiger partial charge in [0.2, 0.25) is 0 Å². The van der Waals surface area contributed by atoms with Gasteiger partial charge in [-0.3, -0.25) is 4.79 Å². The summed E-state index contributed by atoms with van der Waals surface area (Å²) < 4.78 is 5.13. The summed E-state index contributed by atoms with van der Waals surface area (Å²) in [7, 11) is 0. The molecule has 0 aromatic heterocycles. The number of ether oxygens (including phenoxy) is 1. The minimum absolute atomic E-state index is 0.0792. The number of carbonyl (C=O) groups excluding carboxylic acids is 1. The third kappa shape index (κ3) is 0.999. The van der Waals surface area contributed by atoms with Crippen molar-refractivity contribution in [2.75, 3.05) is 6.61 Å². The van der Waals surface area contributed by atoms with Gasteiger partial charge in [0, 0.05) is 0 Å². The average molecular weight is 194 g/mol. The van der Waals surface area contributed by atoms with Crippen LogP contribution in [0.5, 0.6) is 0 Å². The average Bonchev–Trinajstić information content (AvgIpc) is 2.87. The number of esters is 1. The number of carbonyl (C=O) groups is 1. The molecule has 3 atom stereocenters. The Balaban J connectivity index is 1.65. The van der Waals surface area contributed by atoms with Crippen LogP contribution in [0.2, 0.25) is 0 Å². The first-order valence-electron chi connectivity index (χ1n) is 5.93. The zero-order valence-corrected chi connectivity index (χ0v) is 8.79. The van der Waals surface area contributed by atoms with Gasteiger partial charge in [0.25, 0.3) is 0 Å². The first-order valence-corrected chi connectivity index (χ1v) is 5.93. The van der Waals surface area contributed by atoms with Crippen LogP contribution < -0.4 is 0 Å². The predicted octanol–water partition coefficient (Wildman–Crippen LogP) is 2.38. The zero-order chi connectivity index (χ0) is 9.76. The van der Waals surface area contributed by atoms with Crippen molar-refractivity contribution >= 4 is 5.97 Å². The van der Waals surface area contributed by atoms with Crippen molar-refractivity contribution in [3.05, 3.63) is 0 Å². The largest absolute Gasteiger partial charge is 0.466 e. The normalized spacial score (nSPS) is 41.6.